The molecule has 3 rings (SSSR count). The van der Waals surface area contributed by atoms with Crippen LogP contribution in [-0.4, -0.2) is 17.4 Å². The molecule has 0 bridgehead atoms. The minimum atomic E-state index is 0.150. The van der Waals surface area contributed by atoms with Gasteiger partial charge in [0.15, 0.2) is 0 Å². The Hall–Kier alpha value is -1.13. The summed E-state index contributed by atoms with van der Waals surface area (Å²) < 4.78 is 0.956. The van der Waals surface area contributed by atoms with Gasteiger partial charge in [0.05, 0.1) is 6.04 Å². The summed E-state index contributed by atoms with van der Waals surface area (Å²) in [5.41, 5.74) is 3.11. The summed E-state index contributed by atoms with van der Waals surface area (Å²) in [6.45, 7) is 2.85. The highest BCUT2D eigenvalue weighted by atomic mass is 79.9. The van der Waals surface area contributed by atoms with Crippen LogP contribution in [-0.2, 0) is 0 Å². The fourth-order valence-corrected chi connectivity index (χ4v) is 3.87. The molecule has 1 aromatic heterocycles. The fraction of sp³-hybridized carbons (Fsp3) is 0.312. The van der Waals surface area contributed by atoms with Crippen molar-refractivity contribution in [3.63, 3.8) is 0 Å². The van der Waals surface area contributed by atoms with E-state index in [1.807, 2.05) is 30.0 Å². The van der Waals surface area contributed by atoms with Crippen LogP contribution in [0.25, 0.3) is 0 Å². The second-order valence-electron chi connectivity index (χ2n) is 5.17. The molecule has 1 aliphatic rings. The Morgan fingerprint density at radius 2 is 2.25 bits per heavy atom. The molecule has 0 N–H and O–H groups in total. The molecule has 20 heavy (non-hydrogen) atoms. The molecule has 0 aliphatic carbocycles. The summed E-state index contributed by atoms with van der Waals surface area (Å²) in [7, 11) is 0. The monoisotopic (exact) mass is 349 g/mol. The molecule has 0 radical (unpaired) electrons. The second kappa shape index (κ2) is 5.70. The first-order valence-electron chi connectivity index (χ1n) is 6.76. The van der Waals surface area contributed by atoms with Crippen molar-refractivity contribution in [3.05, 3.63) is 56.2 Å². The topological polar surface area (TPSA) is 20.3 Å². The molecule has 0 spiro atoms. The third kappa shape index (κ3) is 2.54. The van der Waals surface area contributed by atoms with E-state index in [2.05, 4.69) is 32.8 Å². The van der Waals surface area contributed by atoms with Gasteiger partial charge in [0.25, 0.3) is 5.91 Å². The normalized spacial score (nSPS) is 18.5. The van der Waals surface area contributed by atoms with Crippen LogP contribution in [0.3, 0.4) is 0 Å². The summed E-state index contributed by atoms with van der Waals surface area (Å²) >= 11 is 5.15. The number of hydrogen-bond acceptors (Lipinski definition) is 2. The first-order valence-corrected chi connectivity index (χ1v) is 8.49. The van der Waals surface area contributed by atoms with Gasteiger partial charge in [0.2, 0.25) is 0 Å². The van der Waals surface area contributed by atoms with Crippen molar-refractivity contribution in [2.24, 2.45) is 0 Å². The van der Waals surface area contributed by atoms with E-state index in [4.69, 9.17) is 0 Å². The van der Waals surface area contributed by atoms with Gasteiger partial charge in [-0.05, 0) is 59.9 Å². The first kappa shape index (κ1) is 13.8. The summed E-state index contributed by atoms with van der Waals surface area (Å²) in [5.74, 6) is 0.150. The molecule has 1 atom stereocenters. The molecule has 1 saturated heterocycles. The standard InChI is InChI=1S/C16H16BrNOS/c1-11-4-5-13(17)9-14(11)16(19)18-7-2-3-15(18)12-6-8-20-10-12/h4-6,8-10,15H,2-3,7H2,1H3. The number of hydrogen-bond donors (Lipinski definition) is 0. The summed E-state index contributed by atoms with van der Waals surface area (Å²) in [6, 6.07) is 8.28. The number of carbonyl (C=O) groups excluding carboxylic acids is 1. The molecule has 2 heterocycles. The summed E-state index contributed by atoms with van der Waals surface area (Å²) in [4.78, 5) is 14.9. The van der Waals surface area contributed by atoms with Gasteiger partial charge in [0.1, 0.15) is 0 Å². The van der Waals surface area contributed by atoms with Crippen LogP contribution in [0, 0.1) is 6.92 Å². The smallest absolute Gasteiger partial charge is 0.254 e. The highest BCUT2D eigenvalue weighted by Crippen LogP contribution is 2.34. The van der Waals surface area contributed by atoms with Crippen molar-refractivity contribution in [3.8, 4) is 0 Å². The maximum absolute atomic E-state index is 12.8. The van der Waals surface area contributed by atoms with Gasteiger partial charge >= 0.3 is 0 Å². The summed E-state index contributed by atoms with van der Waals surface area (Å²) in [5, 5.41) is 4.24. The maximum atomic E-state index is 12.8. The average molecular weight is 350 g/mol. The van der Waals surface area contributed by atoms with Crippen LogP contribution >= 0.6 is 27.3 Å². The SMILES string of the molecule is Cc1ccc(Br)cc1C(=O)N1CCCC1c1ccsc1. The van der Waals surface area contributed by atoms with Crippen LogP contribution in [0.5, 0.6) is 0 Å². The largest absolute Gasteiger partial charge is 0.332 e. The van der Waals surface area contributed by atoms with Gasteiger partial charge in [0, 0.05) is 16.6 Å². The summed E-state index contributed by atoms with van der Waals surface area (Å²) in [6.07, 6.45) is 2.15. The number of halogens is 1. The van der Waals surface area contributed by atoms with Gasteiger partial charge < -0.3 is 4.90 Å². The van der Waals surface area contributed by atoms with Crippen molar-refractivity contribution in [2.75, 3.05) is 6.54 Å². The molecule has 1 unspecified atom stereocenters. The lowest BCUT2D eigenvalue weighted by Gasteiger charge is -2.25. The molecule has 104 valence electrons. The Bertz CT molecular complexity index is 623. The van der Waals surface area contributed by atoms with Gasteiger partial charge in [-0.15, -0.1) is 0 Å². The fourth-order valence-electron chi connectivity index (χ4n) is 2.80. The number of aryl methyl sites for hydroxylation is 1. The Morgan fingerprint density at radius 1 is 1.40 bits per heavy atom. The zero-order valence-corrected chi connectivity index (χ0v) is 13.7. The third-order valence-electron chi connectivity index (χ3n) is 3.87. The number of thiophene rings is 1. The first-order chi connectivity index (χ1) is 9.66. The zero-order chi connectivity index (χ0) is 14.1. The van der Waals surface area contributed by atoms with Crippen LogP contribution < -0.4 is 0 Å². The second-order valence-corrected chi connectivity index (χ2v) is 6.87. The number of rotatable bonds is 2. The molecule has 0 saturated carbocycles. The predicted molar refractivity (Wildman–Crippen MR) is 86.2 cm³/mol. The van der Waals surface area contributed by atoms with E-state index in [9.17, 15) is 4.79 Å². The number of likely N-dealkylation sites (tertiary alicyclic amines) is 1. The molecular weight excluding hydrogens is 334 g/mol. The highest BCUT2D eigenvalue weighted by molar-refractivity contribution is 9.10. The van der Waals surface area contributed by atoms with E-state index < -0.39 is 0 Å². The van der Waals surface area contributed by atoms with Gasteiger partial charge in [-0.25, -0.2) is 0 Å². The Labute approximate surface area is 131 Å². The average Bonchev–Trinajstić information content (AvgIpc) is 3.10. The number of amides is 1. The molecule has 2 nitrogen and oxygen atoms in total. The Morgan fingerprint density at radius 3 is 3.00 bits per heavy atom. The number of nitrogens with zero attached hydrogens (tertiary/aromatic N) is 1. The van der Waals surface area contributed by atoms with E-state index in [1.165, 1.54) is 5.56 Å². The lowest BCUT2D eigenvalue weighted by molar-refractivity contribution is 0.0735. The Balaban J connectivity index is 1.91. The quantitative estimate of drug-likeness (QED) is 0.762. The molecular formula is C16H16BrNOS. The van der Waals surface area contributed by atoms with Crippen molar-refractivity contribution >= 4 is 33.2 Å². The van der Waals surface area contributed by atoms with E-state index in [0.717, 1.165) is 35.0 Å². The molecule has 1 aliphatic heterocycles. The van der Waals surface area contributed by atoms with E-state index >= 15 is 0 Å². The number of carbonyl (C=O) groups is 1. The Kier molecular flexibility index (Phi) is 3.94. The van der Waals surface area contributed by atoms with Gasteiger partial charge in [-0.1, -0.05) is 22.0 Å². The van der Waals surface area contributed by atoms with E-state index in [0.29, 0.717) is 0 Å². The molecule has 1 fully saturated rings. The lowest BCUT2D eigenvalue weighted by Crippen LogP contribution is -2.30. The highest BCUT2D eigenvalue weighted by Gasteiger charge is 2.31. The van der Waals surface area contributed by atoms with Crippen LogP contribution in [0.15, 0.2) is 39.5 Å². The van der Waals surface area contributed by atoms with E-state index in [-0.39, 0.29) is 11.9 Å². The van der Waals surface area contributed by atoms with Crippen molar-refractivity contribution < 1.29 is 4.79 Å². The minimum Gasteiger partial charge on any atom is -0.332 e. The number of benzene rings is 1. The van der Waals surface area contributed by atoms with Crippen LogP contribution in [0.4, 0.5) is 0 Å². The molecule has 2 aromatic rings. The predicted octanol–water partition coefficient (Wildman–Crippen LogP) is 4.80. The van der Waals surface area contributed by atoms with Crippen LogP contribution in [0.1, 0.15) is 40.4 Å². The third-order valence-corrected chi connectivity index (χ3v) is 5.07. The maximum Gasteiger partial charge on any atom is 0.254 e. The van der Waals surface area contributed by atoms with Gasteiger partial charge in [-0.3, -0.25) is 4.79 Å². The van der Waals surface area contributed by atoms with Gasteiger partial charge in [-0.2, -0.15) is 11.3 Å². The minimum absolute atomic E-state index is 0.150. The molecule has 1 amide bonds. The zero-order valence-electron chi connectivity index (χ0n) is 11.3. The van der Waals surface area contributed by atoms with Crippen molar-refractivity contribution in [1.82, 2.24) is 4.90 Å². The molecule has 4 heteroatoms. The van der Waals surface area contributed by atoms with Crippen molar-refractivity contribution in [1.29, 1.82) is 0 Å². The van der Waals surface area contributed by atoms with E-state index in [1.54, 1.807) is 11.3 Å². The lowest BCUT2D eigenvalue weighted by atomic mass is 10.1. The molecule has 1 aromatic carbocycles. The van der Waals surface area contributed by atoms with Crippen LogP contribution in [0.2, 0.25) is 0 Å². The van der Waals surface area contributed by atoms with Crippen molar-refractivity contribution in [2.45, 2.75) is 25.8 Å².